The average Bonchev–Trinajstić information content (AvgIpc) is 2.79. The Labute approximate surface area is 171 Å². The van der Waals surface area contributed by atoms with Crippen molar-refractivity contribution in [2.75, 3.05) is 36.4 Å². The predicted molar refractivity (Wildman–Crippen MR) is 117 cm³/mol. The van der Waals surface area contributed by atoms with Crippen molar-refractivity contribution in [1.29, 1.82) is 0 Å². The van der Waals surface area contributed by atoms with Crippen molar-refractivity contribution in [2.24, 2.45) is 5.92 Å². The van der Waals surface area contributed by atoms with Crippen LogP contribution in [0, 0.1) is 5.92 Å². The van der Waals surface area contributed by atoms with Gasteiger partial charge in [0.15, 0.2) is 0 Å². The number of carbonyl (C=O) groups excluding carboxylic acids is 1. The van der Waals surface area contributed by atoms with Crippen molar-refractivity contribution in [1.82, 2.24) is 15.3 Å². The molecule has 150 valence electrons. The molecule has 2 N–H and O–H groups in total. The van der Waals surface area contributed by atoms with Gasteiger partial charge in [0.05, 0.1) is 0 Å². The Bertz CT molecular complexity index is 984. The number of aromatic nitrogens is 2. The Balaban J connectivity index is 1.50. The van der Waals surface area contributed by atoms with Crippen LogP contribution in [0.5, 0.6) is 0 Å². The van der Waals surface area contributed by atoms with E-state index in [1.54, 1.807) is 17.2 Å². The molecular formula is C23H27N5O. The molecule has 0 bridgehead atoms. The smallest absolute Gasteiger partial charge is 0.259 e. The van der Waals surface area contributed by atoms with Gasteiger partial charge in [0.1, 0.15) is 5.82 Å². The molecule has 3 aromatic rings. The highest BCUT2D eigenvalue weighted by molar-refractivity contribution is 6.07. The van der Waals surface area contributed by atoms with Gasteiger partial charge in [0.2, 0.25) is 5.95 Å². The van der Waals surface area contributed by atoms with Gasteiger partial charge in [-0.2, -0.15) is 4.98 Å². The number of fused-ring (bicyclic) bond motifs is 1. The lowest BCUT2D eigenvalue weighted by Gasteiger charge is -2.23. The maximum atomic E-state index is 13.2. The molecule has 6 nitrogen and oxygen atoms in total. The Kier molecular flexibility index (Phi) is 6.00. The van der Waals surface area contributed by atoms with Gasteiger partial charge in [0.25, 0.3) is 5.91 Å². The molecule has 1 aliphatic heterocycles. The lowest BCUT2D eigenvalue weighted by atomic mass is 9.98. The quantitative estimate of drug-likeness (QED) is 0.673. The second-order valence-corrected chi connectivity index (χ2v) is 7.42. The van der Waals surface area contributed by atoms with Gasteiger partial charge < -0.3 is 10.6 Å². The summed E-state index contributed by atoms with van der Waals surface area (Å²) >= 11 is 0. The van der Waals surface area contributed by atoms with Gasteiger partial charge in [-0.05, 0) is 67.7 Å². The molecule has 0 atom stereocenters. The maximum Gasteiger partial charge on any atom is 0.259 e. The monoisotopic (exact) mass is 389 g/mol. The fourth-order valence-corrected chi connectivity index (χ4v) is 3.79. The van der Waals surface area contributed by atoms with E-state index in [0.29, 0.717) is 29.8 Å². The first-order valence-electron chi connectivity index (χ1n) is 10.3. The number of amides is 1. The van der Waals surface area contributed by atoms with Gasteiger partial charge in [0, 0.05) is 24.8 Å². The van der Waals surface area contributed by atoms with Crippen molar-refractivity contribution in [3.05, 3.63) is 60.3 Å². The number of nitrogens with zero attached hydrogens (tertiary/aromatic N) is 3. The molecule has 2 aromatic carbocycles. The second kappa shape index (κ2) is 9.01. The number of hydrogen-bond donors (Lipinski definition) is 2. The van der Waals surface area contributed by atoms with E-state index in [1.165, 1.54) is 0 Å². The SMILES string of the molecule is CCN(C(=O)c1ccc2ccccc2c1)c1ccnc(NCC2CCNCC2)n1. The van der Waals surface area contributed by atoms with E-state index in [0.717, 1.165) is 43.2 Å². The van der Waals surface area contributed by atoms with Crippen LogP contribution in [0.2, 0.25) is 0 Å². The van der Waals surface area contributed by atoms with Crippen molar-refractivity contribution < 1.29 is 4.79 Å². The summed E-state index contributed by atoms with van der Waals surface area (Å²) in [6.45, 7) is 5.49. The number of anilines is 2. The van der Waals surface area contributed by atoms with Crippen LogP contribution in [0.15, 0.2) is 54.7 Å². The number of piperidine rings is 1. The van der Waals surface area contributed by atoms with E-state index >= 15 is 0 Å². The Morgan fingerprint density at radius 2 is 1.93 bits per heavy atom. The highest BCUT2D eigenvalue weighted by Crippen LogP contribution is 2.20. The Morgan fingerprint density at radius 1 is 1.14 bits per heavy atom. The standard InChI is InChI=1S/C23H27N5O/c1-2-28(22(29)20-8-7-18-5-3-4-6-19(18)15-20)21-11-14-25-23(27-21)26-16-17-9-12-24-13-10-17/h3-8,11,14-15,17,24H,2,9-10,12-13,16H2,1H3,(H,25,26,27). The van der Waals surface area contributed by atoms with Crippen LogP contribution in [0.1, 0.15) is 30.1 Å². The molecule has 1 fully saturated rings. The van der Waals surface area contributed by atoms with E-state index in [9.17, 15) is 4.79 Å². The van der Waals surface area contributed by atoms with Crippen LogP contribution >= 0.6 is 0 Å². The molecule has 4 rings (SSSR count). The summed E-state index contributed by atoms with van der Waals surface area (Å²) in [6.07, 6.45) is 4.03. The zero-order chi connectivity index (χ0) is 20.1. The predicted octanol–water partition coefficient (Wildman–Crippen LogP) is 3.71. The first kappa shape index (κ1) is 19.3. The highest BCUT2D eigenvalue weighted by atomic mass is 16.2. The summed E-state index contributed by atoms with van der Waals surface area (Å²) in [7, 11) is 0. The number of hydrogen-bond acceptors (Lipinski definition) is 5. The largest absolute Gasteiger partial charge is 0.354 e. The maximum absolute atomic E-state index is 13.2. The van der Waals surface area contributed by atoms with Crippen LogP contribution in [-0.4, -0.2) is 42.1 Å². The average molecular weight is 390 g/mol. The van der Waals surface area contributed by atoms with Gasteiger partial charge in [-0.3, -0.25) is 9.69 Å². The second-order valence-electron chi connectivity index (χ2n) is 7.42. The fourth-order valence-electron chi connectivity index (χ4n) is 3.79. The molecule has 1 aliphatic rings. The zero-order valence-electron chi connectivity index (χ0n) is 16.8. The van der Waals surface area contributed by atoms with Gasteiger partial charge in [-0.15, -0.1) is 0 Å². The molecule has 29 heavy (non-hydrogen) atoms. The number of carbonyl (C=O) groups is 1. The summed E-state index contributed by atoms with van der Waals surface area (Å²) in [5.74, 6) is 1.77. The van der Waals surface area contributed by atoms with Crippen molar-refractivity contribution >= 4 is 28.4 Å². The van der Waals surface area contributed by atoms with Crippen LogP contribution in [0.3, 0.4) is 0 Å². The third kappa shape index (κ3) is 4.54. The molecule has 1 saturated heterocycles. The Morgan fingerprint density at radius 3 is 2.72 bits per heavy atom. The topological polar surface area (TPSA) is 70.2 Å². The van der Waals surface area contributed by atoms with Crippen LogP contribution < -0.4 is 15.5 Å². The number of rotatable bonds is 6. The van der Waals surface area contributed by atoms with Crippen LogP contribution in [0.4, 0.5) is 11.8 Å². The normalized spacial score (nSPS) is 14.7. The van der Waals surface area contributed by atoms with E-state index in [2.05, 4.69) is 20.6 Å². The van der Waals surface area contributed by atoms with Gasteiger partial charge in [-0.1, -0.05) is 30.3 Å². The lowest BCUT2D eigenvalue weighted by Crippen LogP contribution is -2.32. The van der Waals surface area contributed by atoms with E-state index in [1.807, 2.05) is 49.4 Å². The molecule has 0 unspecified atom stereocenters. The van der Waals surface area contributed by atoms with Crippen LogP contribution in [0.25, 0.3) is 10.8 Å². The van der Waals surface area contributed by atoms with Crippen molar-refractivity contribution in [3.8, 4) is 0 Å². The summed E-state index contributed by atoms with van der Waals surface area (Å²) in [4.78, 5) is 23.8. The molecule has 0 saturated carbocycles. The van der Waals surface area contributed by atoms with E-state index in [4.69, 9.17) is 0 Å². The minimum absolute atomic E-state index is 0.0544. The third-order valence-electron chi connectivity index (χ3n) is 5.48. The molecule has 0 spiro atoms. The highest BCUT2D eigenvalue weighted by Gasteiger charge is 2.19. The minimum Gasteiger partial charge on any atom is -0.354 e. The first-order valence-corrected chi connectivity index (χ1v) is 10.3. The van der Waals surface area contributed by atoms with E-state index < -0.39 is 0 Å². The Hall–Kier alpha value is -2.99. The minimum atomic E-state index is -0.0544. The molecule has 2 heterocycles. The molecule has 0 radical (unpaired) electrons. The molecule has 1 amide bonds. The molecule has 1 aromatic heterocycles. The van der Waals surface area contributed by atoms with E-state index in [-0.39, 0.29) is 5.91 Å². The third-order valence-corrected chi connectivity index (χ3v) is 5.48. The lowest BCUT2D eigenvalue weighted by molar-refractivity contribution is 0.0987. The van der Waals surface area contributed by atoms with Crippen molar-refractivity contribution in [3.63, 3.8) is 0 Å². The summed E-state index contributed by atoms with van der Waals surface area (Å²) in [6, 6.07) is 15.7. The number of benzene rings is 2. The fraction of sp³-hybridized carbons (Fsp3) is 0.348. The molecular weight excluding hydrogens is 362 g/mol. The number of nitrogens with one attached hydrogen (secondary N) is 2. The zero-order valence-corrected chi connectivity index (χ0v) is 16.8. The van der Waals surface area contributed by atoms with Crippen LogP contribution in [-0.2, 0) is 0 Å². The van der Waals surface area contributed by atoms with Gasteiger partial charge in [-0.25, -0.2) is 4.98 Å². The first-order chi connectivity index (χ1) is 14.2. The van der Waals surface area contributed by atoms with Crippen molar-refractivity contribution in [2.45, 2.75) is 19.8 Å². The summed E-state index contributed by atoms with van der Waals surface area (Å²) in [5.41, 5.74) is 0.661. The molecule has 0 aliphatic carbocycles. The summed E-state index contributed by atoms with van der Waals surface area (Å²) in [5, 5.41) is 8.91. The summed E-state index contributed by atoms with van der Waals surface area (Å²) < 4.78 is 0. The molecule has 6 heteroatoms. The van der Waals surface area contributed by atoms with Gasteiger partial charge >= 0.3 is 0 Å².